The molecule has 0 saturated carbocycles. The lowest BCUT2D eigenvalue weighted by molar-refractivity contribution is 0.601. The third kappa shape index (κ3) is 3.25. The zero-order valence-corrected chi connectivity index (χ0v) is 18.1. The summed E-state index contributed by atoms with van der Waals surface area (Å²) in [6.07, 6.45) is 7.80. The Bertz CT molecular complexity index is 1500. The third-order valence-corrected chi connectivity index (χ3v) is 6.08. The van der Waals surface area contributed by atoms with Crippen molar-refractivity contribution in [2.75, 3.05) is 23.7 Å². The highest BCUT2D eigenvalue weighted by atomic mass is 19.1. The lowest BCUT2D eigenvalue weighted by atomic mass is 10.1. The van der Waals surface area contributed by atoms with Gasteiger partial charge in [-0.1, -0.05) is 0 Å². The average molecular weight is 443 g/mol. The third-order valence-electron chi connectivity index (χ3n) is 6.08. The van der Waals surface area contributed by atoms with E-state index < -0.39 is 0 Å². The van der Waals surface area contributed by atoms with Gasteiger partial charge in [0.2, 0.25) is 5.95 Å². The number of imidazole rings is 1. The van der Waals surface area contributed by atoms with Gasteiger partial charge < -0.3 is 15.0 Å². The number of pyridine rings is 2. The first-order valence-corrected chi connectivity index (χ1v) is 10.9. The molecule has 6 heterocycles. The summed E-state index contributed by atoms with van der Waals surface area (Å²) in [6.45, 7) is 3.82. The van der Waals surface area contributed by atoms with Crippen LogP contribution in [0.4, 0.5) is 16.2 Å². The molecule has 0 amide bonds. The van der Waals surface area contributed by atoms with Crippen molar-refractivity contribution < 1.29 is 4.39 Å². The number of nitrogen functional groups attached to an aromatic ring is 1. The molecule has 2 N–H and O–H groups in total. The summed E-state index contributed by atoms with van der Waals surface area (Å²) < 4.78 is 17.8. The number of fused-ring (bicyclic) bond motifs is 2. The van der Waals surface area contributed by atoms with Crippen molar-refractivity contribution in [2.45, 2.75) is 26.2 Å². The van der Waals surface area contributed by atoms with Crippen LogP contribution in [0.5, 0.6) is 0 Å². The topological polar surface area (TPSA) is 103 Å². The molecule has 1 saturated heterocycles. The standard InChI is InChI=1S/C23H22FN9/c1-14-12-27-19-7-6-15(13-32(14)19)20-21(31-9-2-3-10-31)29-23(25)33-22(20)28-18(30-33)11-17-16(24)5-4-8-26-17/h4-8,12-13H,2-3,9-11H2,1H3,(H2,25,29). The highest BCUT2D eigenvalue weighted by molar-refractivity contribution is 5.88. The van der Waals surface area contributed by atoms with Gasteiger partial charge in [0.25, 0.3) is 0 Å². The number of aromatic nitrogens is 7. The Balaban J connectivity index is 1.57. The van der Waals surface area contributed by atoms with Crippen LogP contribution in [0.2, 0.25) is 0 Å². The summed E-state index contributed by atoms with van der Waals surface area (Å²) in [4.78, 5) is 20.3. The van der Waals surface area contributed by atoms with Crippen molar-refractivity contribution in [1.82, 2.24) is 34.0 Å². The molecule has 0 aliphatic carbocycles. The summed E-state index contributed by atoms with van der Waals surface area (Å²) in [5.74, 6) is 1.08. The van der Waals surface area contributed by atoms with Crippen molar-refractivity contribution in [2.24, 2.45) is 0 Å². The Morgan fingerprint density at radius 2 is 1.94 bits per heavy atom. The maximum atomic E-state index is 14.2. The van der Waals surface area contributed by atoms with E-state index in [1.165, 1.54) is 10.6 Å². The average Bonchev–Trinajstić information content (AvgIpc) is 3.56. The molecule has 1 aliphatic rings. The van der Waals surface area contributed by atoms with Crippen molar-refractivity contribution in [1.29, 1.82) is 0 Å². The molecule has 9 nitrogen and oxygen atoms in total. The second-order valence-corrected chi connectivity index (χ2v) is 8.28. The monoisotopic (exact) mass is 443 g/mol. The largest absolute Gasteiger partial charge is 0.368 e. The number of nitrogens with two attached hydrogens (primary N) is 1. The number of aryl methyl sites for hydroxylation is 1. The molecule has 166 valence electrons. The van der Waals surface area contributed by atoms with Gasteiger partial charge in [-0.2, -0.15) is 9.50 Å². The molecular weight excluding hydrogens is 421 g/mol. The van der Waals surface area contributed by atoms with Gasteiger partial charge in [0.15, 0.2) is 11.5 Å². The van der Waals surface area contributed by atoms with Gasteiger partial charge in [-0.3, -0.25) is 4.98 Å². The molecule has 1 aliphatic heterocycles. The molecule has 1 fully saturated rings. The van der Waals surface area contributed by atoms with Crippen molar-refractivity contribution in [3.63, 3.8) is 0 Å². The zero-order valence-electron chi connectivity index (χ0n) is 18.1. The molecule has 0 bridgehead atoms. The Labute approximate surface area is 188 Å². The lowest BCUT2D eigenvalue weighted by Crippen LogP contribution is -2.21. The minimum atomic E-state index is -0.388. The minimum absolute atomic E-state index is 0.159. The van der Waals surface area contributed by atoms with Gasteiger partial charge in [0.1, 0.15) is 17.3 Å². The Hall–Kier alpha value is -4.08. The Morgan fingerprint density at radius 3 is 2.76 bits per heavy atom. The lowest BCUT2D eigenvalue weighted by Gasteiger charge is -2.21. The molecule has 33 heavy (non-hydrogen) atoms. The number of nitrogens with zero attached hydrogens (tertiary/aromatic N) is 8. The first kappa shape index (κ1) is 19.6. The summed E-state index contributed by atoms with van der Waals surface area (Å²) in [5.41, 5.74) is 10.9. The van der Waals surface area contributed by atoms with Crippen LogP contribution in [-0.4, -0.2) is 47.0 Å². The molecule has 0 atom stereocenters. The van der Waals surface area contributed by atoms with E-state index in [1.54, 1.807) is 12.3 Å². The highest BCUT2D eigenvalue weighted by Crippen LogP contribution is 2.36. The summed E-state index contributed by atoms with van der Waals surface area (Å²) in [5, 5.41) is 4.55. The van der Waals surface area contributed by atoms with E-state index in [-0.39, 0.29) is 23.9 Å². The Morgan fingerprint density at radius 1 is 1.09 bits per heavy atom. The van der Waals surface area contributed by atoms with Crippen LogP contribution in [0, 0.1) is 12.7 Å². The van der Waals surface area contributed by atoms with Crippen molar-refractivity contribution in [3.8, 4) is 11.1 Å². The normalized spacial score (nSPS) is 14.1. The molecule has 0 radical (unpaired) electrons. The molecule has 6 rings (SSSR count). The fraction of sp³-hybridized carbons (Fsp3) is 0.261. The number of anilines is 2. The number of rotatable bonds is 4. The zero-order chi connectivity index (χ0) is 22.5. The van der Waals surface area contributed by atoms with E-state index in [1.807, 2.05) is 35.9 Å². The quantitative estimate of drug-likeness (QED) is 0.455. The van der Waals surface area contributed by atoms with Crippen LogP contribution in [0.3, 0.4) is 0 Å². The molecule has 0 unspecified atom stereocenters. The predicted octanol–water partition coefficient (Wildman–Crippen LogP) is 3.05. The maximum Gasteiger partial charge on any atom is 0.225 e. The molecule has 5 aromatic rings. The first-order chi connectivity index (χ1) is 16.1. The minimum Gasteiger partial charge on any atom is -0.368 e. The van der Waals surface area contributed by atoms with E-state index in [0.29, 0.717) is 11.5 Å². The number of hydrogen-bond acceptors (Lipinski definition) is 7. The van der Waals surface area contributed by atoms with Gasteiger partial charge in [0.05, 0.1) is 17.7 Å². The van der Waals surface area contributed by atoms with Crippen molar-refractivity contribution in [3.05, 3.63) is 65.9 Å². The van der Waals surface area contributed by atoms with Crippen LogP contribution < -0.4 is 10.6 Å². The maximum absolute atomic E-state index is 14.2. The second kappa shape index (κ2) is 7.51. The first-order valence-electron chi connectivity index (χ1n) is 10.9. The van der Waals surface area contributed by atoms with Crippen LogP contribution >= 0.6 is 0 Å². The highest BCUT2D eigenvalue weighted by Gasteiger charge is 2.25. The number of halogens is 1. The van der Waals surface area contributed by atoms with E-state index in [9.17, 15) is 4.39 Å². The molecule has 0 aromatic carbocycles. The van der Waals surface area contributed by atoms with E-state index in [2.05, 4.69) is 20.0 Å². The van der Waals surface area contributed by atoms with E-state index in [0.717, 1.165) is 54.2 Å². The van der Waals surface area contributed by atoms with Crippen molar-refractivity contribution >= 4 is 23.1 Å². The van der Waals surface area contributed by atoms with E-state index in [4.69, 9.17) is 15.7 Å². The fourth-order valence-electron chi connectivity index (χ4n) is 4.43. The molecular formula is C23H22FN9. The second-order valence-electron chi connectivity index (χ2n) is 8.28. The summed E-state index contributed by atoms with van der Waals surface area (Å²) >= 11 is 0. The fourth-order valence-corrected chi connectivity index (χ4v) is 4.43. The smallest absolute Gasteiger partial charge is 0.225 e. The van der Waals surface area contributed by atoms with Gasteiger partial charge >= 0.3 is 0 Å². The van der Waals surface area contributed by atoms with Crippen LogP contribution in [0.15, 0.2) is 42.9 Å². The molecule has 0 spiro atoms. The van der Waals surface area contributed by atoms with Gasteiger partial charge in [0, 0.05) is 42.9 Å². The Kier molecular flexibility index (Phi) is 4.46. The van der Waals surface area contributed by atoms with E-state index >= 15 is 0 Å². The van der Waals surface area contributed by atoms with Gasteiger partial charge in [-0.15, -0.1) is 5.10 Å². The van der Waals surface area contributed by atoms with Gasteiger partial charge in [-0.05, 0) is 44.0 Å². The molecule has 10 heteroatoms. The van der Waals surface area contributed by atoms with Gasteiger partial charge in [-0.25, -0.2) is 14.4 Å². The SMILES string of the molecule is Cc1cnc2ccc(-c3c(N4CCCC4)nc(N)n4nc(Cc5ncccc5F)nc34)cn12. The predicted molar refractivity (Wildman–Crippen MR) is 123 cm³/mol. The van der Waals surface area contributed by atoms with Crippen LogP contribution in [-0.2, 0) is 6.42 Å². The van der Waals surface area contributed by atoms with Crippen LogP contribution in [0.1, 0.15) is 30.1 Å². The molecule has 5 aromatic heterocycles. The number of hydrogen-bond donors (Lipinski definition) is 1. The summed E-state index contributed by atoms with van der Waals surface area (Å²) in [6, 6.07) is 6.94. The van der Waals surface area contributed by atoms with Crippen LogP contribution in [0.25, 0.3) is 22.4 Å². The summed E-state index contributed by atoms with van der Waals surface area (Å²) in [7, 11) is 0.